The van der Waals surface area contributed by atoms with Crippen molar-refractivity contribution in [3.8, 4) is 6.07 Å². The van der Waals surface area contributed by atoms with Gasteiger partial charge in [-0.2, -0.15) is 18.4 Å². The molecule has 2 aromatic carbocycles. The van der Waals surface area contributed by atoms with Crippen LogP contribution < -0.4 is 4.90 Å². The van der Waals surface area contributed by atoms with Crippen LogP contribution >= 0.6 is 0 Å². The lowest BCUT2D eigenvalue weighted by atomic mass is 9.87. The summed E-state index contributed by atoms with van der Waals surface area (Å²) in [6.07, 6.45) is -5.22. The van der Waals surface area contributed by atoms with Gasteiger partial charge in [-0.3, -0.25) is 9.69 Å². The molecule has 1 aliphatic carbocycles. The maximum absolute atomic E-state index is 13.4. The van der Waals surface area contributed by atoms with E-state index in [1.165, 1.54) is 37.1 Å². The topological polar surface area (TPSA) is 84.6 Å². The van der Waals surface area contributed by atoms with Gasteiger partial charge in [0.05, 0.1) is 35.0 Å². The highest BCUT2D eigenvalue weighted by atomic mass is 19.4. The van der Waals surface area contributed by atoms with Crippen molar-refractivity contribution in [2.24, 2.45) is 0 Å². The molecule has 1 unspecified atom stereocenters. The molecule has 0 fully saturated rings. The molecule has 1 aliphatic heterocycles. The molecule has 0 saturated heterocycles. The smallest absolute Gasteiger partial charge is 0.389 e. The molecule has 33 heavy (non-hydrogen) atoms. The molecule has 0 aromatic heterocycles. The number of nitriles is 1. The van der Waals surface area contributed by atoms with E-state index >= 15 is 0 Å². The molecule has 1 N–H and O–H groups in total. The number of anilines is 1. The Morgan fingerprint density at radius 2 is 1.88 bits per heavy atom. The second-order valence-electron chi connectivity index (χ2n) is 8.09. The SMILES string of the molecule is CC(O)c1cc(C#N)ccc1[C@@H]1C2=C(CCC2=O)N(c2cccc(C(F)(F)F)c2)C(=O)N1C. The third kappa shape index (κ3) is 3.76. The molecule has 2 amide bonds. The van der Waals surface area contributed by atoms with Crippen LogP contribution in [0.1, 0.15) is 54.2 Å². The normalized spacial score (nSPS) is 19.6. The van der Waals surface area contributed by atoms with Gasteiger partial charge in [-0.25, -0.2) is 4.79 Å². The molecule has 9 heteroatoms. The standard InChI is InChI=1S/C24H20F3N3O3/c1-13(31)18-10-14(12-28)6-7-17(18)22-21-19(8-9-20(21)32)30(23(33)29(22)2)16-5-3-4-15(11-16)24(25,26)27/h3-7,10-11,13,22,31H,8-9H2,1-2H3/t13?,22-/m1/s1. The van der Waals surface area contributed by atoms with E-state index in [1.807, 2.05) is 6.07 Å². The van der Waals surface area contributed by atoms with E-state index in [1.54, 1.807) is 12.1 Å². The van der Waals surface area contributed by atoms with Crippen molar-refractivity contribution < 1.29 is 27.9 Å². The number of urea groups is 1. The van der Waals surface area contributed by atoms with Gasteiger partial charge in [0.15, 0.2) is 5.78 Å². The second-order valence-corrected chi connectivity index (χ2v) is 8.09. The summed E-state index contributed by atoms with van der Waals surface area (Å²) < 4.78 is 39.8. The fourth-order valence-electron chi connectivity index (χ4n) is 4.49. The van der Waals surface area contributed by atoms with Crippen molar-refractivity contribution in [3.63, 3.8) is 0 Å². The van der Waals surface area contributed by atoms with Crippen molar-refractivity contribution in [1.82, 2.24) is 4.90 Å². The number of benzene rings is 2. The summed E-state index contributed by atoms with van der Waals surface area (Å²) in [5, 5.41) is 19.5. The predicted octanol–water partition coefficient (Wildman–Crippen LogP) is 4.86. The molecule has 6 nitrogen and oxygen atoms in total. The zero-order valence-corrected chi connectivity index (χ0v) is 17.8. The number of alkyl halides is 3. The van der Waals surface area contributed by atoms with Gasteiger partial charge in [0.2, 0.25) is 0 Å². The fourth-order valence-corrected chi connectivity index (χ4v) is 4.49. The number of nitrogens with zero attached hydrogens (tertiary/aromatic N) is 3. The summed E-state index contributed by atoms with van der Waals surface area (Å²) in [5.74, 6) is -0.216. The zero-order valence-electron chi connectivity index (χ0n) is 17.8. The number of carbonyl (C=O) groups is 2. The first-order valence-corrected chi connectivity index (χ1v) is 10.3. The maximum atomic E-state index is 13.4. The number of hydrogen-bond acceptors (Lipinski definition) is 4. The van der Waals surface area contributed by atoms with Gasteiger partial charge in [0.1, 0.15) is 0 Å². The highest BCUT2D eigenvalue weighted by Gasteiger charge is 2.45. The Bertz CT molecular complexity index is 1230. The van der Waals surface area contributed by atoms with E-state index in [-0.39, 0.29) is 24.3 Å². The minimum atomic E-state index is -4.58. The summed E-state index contributed by atoms with van der Waals surface area (Å²) in [4.78, 5) is 28.8. The van der Waals surface area contributed by atoms with Crippen molar-refractivity contribution in [2.75, 3.05) is 11.9 Å². The van der Waals surface area contributed by atoms with Crippen LogP contribution in [0.4, 0.5) is 23.7 Å². The van der Waals surface area contributed by atoms with E-state index in [4.69, 9.17) is 0 Å². The molecule has 2 atom stereocenters. The van der Waals surface area contributed by atoms with Gasteiger partial charge in [-0.15, -0.1) is 0 Å². The fraction of sp³-hybridized carbons (Fsp3) is 0.292. The average molecular weight is 455 g/mol. The van der Waals surface area contributed by atoms with Gasteiger partial charge < -0.3 is 10.0 Å². The molecule has 0 spiro atoms. The van der Waals surface area contributed by atoms with E-state index < -0.39 is 29.9 Å². The summed E-state index contributed by atoms with van der Waals surface area (Å²) in [7, 11) is 1.47. The van der Waals surface area contributed by atoms with Crippen LogP contribution in [0.15, 0.2) is 53.7 Å². The minimum absolute atomic E-state index is 0.0258. The van der Waals surface area contributed by atoms with E-state index in [2.05, 4.69) is 0 Å². The molecule has 2 aliphatic rings. The van der Waals surface area contributed by atoms with Gasteiger partial charge in [0, 0.05) is 24.7 Å². The number of carbonyl (C=O) groups excluding carboxylic acids is 2. The van der Waals surface area contributed by atoms with Gasteiger partial charge >= 0.3 is 12.2 Å². The highest BCUT2D eigenvalue weighted by molar-refractivity contribution is 6.08. The van der Waals surface area contributed by atoms with Crippen LogP contribution in [-0.2, 0) is 11.0 Å². The zero-order chi connectivity index (χ0) is 24.1. The number of amides is 2. The van der Waals surface area contributed by atoms with Crippen LogP contribution in [0.3, 0.4) is 0 Å². The number of halogens is 3. The number of rotatable bonds is 3. The van der Waals surface area contributed by atoms with E-state index in [9.17, 15) is 33.1 Å². The van der Waals surface area contributed by atoms with Crippen molar-refractivity contribution in [3.05, 3.63) is 76.0 Å². The minimum Gasteiger partial charge on any atom is -0.389 e. The maximum Gasteiger partial charge on any atom is 0.416 e. The molecule has 170 valence electrons. The average Bonchev–Trinajstić information content (AvgIpc) is 3.14. The van der Waals surface area contributed by atoms with Crippen LogP contribution in [0.2, 0.25) is 0 Å². The number of Topliss-reactive ketones (excluding diaryl/α,β-unsaturated/α-hetero) is 1. The first kappa shape index (κ1) is 22.6. The Kier molecular flexibility index (Phi) is 5.50. The van der Waals surface area contributed by atoms with E-state index in [0.717, 1.165) is 17.0 Å². The Hall–Kier alpha value is -3.64. The first-order valence-electron chi connectivity index (χ1n) is 10.3. The number of aliphatic hydroxyl groups is 1. The predicted molar refractivity (Wildman–Crippen MR) is 113 cm³/mol. The van der Waals surface area contributed by atoms with Crippen molar-refractivity contribution in [2.45, 2.75) is 38.1 Å². The number of likely N-dealkylation sites (N-methyl/N-ethyl adjacent to an activating group) is 1. The molecule has 0 saturated carbocycles. The third-order valence-electron chi connectivity index (χ3n) is 6.02. The number of ketones is 1. The third-order valence-corrected chi connectivity index (χ3v) is 6.02. The Labute approximate surface area is 188 Å². The van der Waals surface area contributed by atoms with Gasteiger partial charge in [-0.1, -0.05) is 12.1 Å². The van der Waals surface area contributed by atoms with Crippen LogP contribution in [0, 0.1) is 11.3 Å². The number of aliphatic hydroxyl groups excluding tert-OH is 1. The lowest BCUT2D eigenvalue weighted by Gasteiger charge is -2.41. The quantitative estimate of drug-likeness (QED) is 0.716. The molecular formula is C24H20F3N3O3. The number of allylic oxidation sites excluding steroid dienone is 1. The summed E-state index contributed by atoms with van der Waals surface area (Å²) in [5.41, 5.74) is 1.00. The Morgan fingerprint density at radius 3 is 2.52 bits per heavy atom. The lowest BCUT2D eigenvalue weighted by Crippen LogP contribution is -2.48. The Morgan fingerprint density at radius 1 is 1.15 bits per heavy atom. The molecule has 1 heterocycles. The Balaban J connectivity index is 1.91. The second kappa shape index (κ2) is 8.05. The first-order chi connectivity index (χ1) is 15.5. The lowest BCUT2D eigenvalue weighted by molar-refractivity contribution is -0.137. The van der Waals surface area contributed by atoms with E-state index in [0.29, 0.717) is 28.0 Å². The van der Waals surface area contributed by atoms with Crippen LogP contribution in [0.25, 0.3) is 0 Å². The highest BCUT2D eigenvalue weighted by Crippen LogP contribution is 2.46. The molecular weight excluding hydrogens is 435 g/mol. The molecule has 2 aromatic rings. The van der Waals surface area contributed by atoms with Crippen LogP contribution in [0.5, 0.6) is 0 Å². The molecule has 0 bridgehead atoms. The van der Waals surface area contributed by atoms with Crippen molar-refractivity contribution in [1.29, 1.82) is 5.26 Å². The summed E-state index contributed by atoms with van der Waals surface area (Å²) in [6, 6.07) is 9.67. The molecule has 4 rings (SSSR count). The summed E-state index contributed by atoms with van der Waals surface area (Å²) >= 11 is 0. The number of hydrogen-bond donors (Lipinski definition) is 1. The van der Waals surface area contributed by atoms with Crippen LogP contribution in [-0.4, -0.2) is 28.9 Å². The summed E-state index contributed by atoms with van der Waals surface area (Å²) in [6.45, 7) is 1.52. The molecule has 0 radical (unpaired) electrons. The van der Waals surface area contributed by atoms with Crippen molar-refractivity contribution >= 4 is 17.5 Å². The van der Waals surface area contributed by atoms with Gasteiger partial charge in [0.25, 0.3) is 0 Å². The largest absolute Gasteiger partial charge is 0.416 e. The van der Waals surface area contributed by atoms with Gasteiger partial charge in [-0.05, 0) is 54.8 Å². The monoisotopic (exact) mass is 455 g/mol.